The summed E-state index contributed by atoms with van der Waals surface area (Å²) in [5.41, 5.74) is 5.21. The first kappa shape index (κ1) is 21.1. The zero-order valence-electron chi connectivity index (χ0n) is 19.1. The van der Waals surface area contributed by atoms with E-state index in [1.165, 1.54) is 31.3 Å². The number of aromatic nitrogens is 7. The molecule has 5 heterocycles. The number of hydrogen-bond acceptors (Lipinski definition) is 7. The van der Waals surface area contributed by atoms with Gasteiger partial charge in [-0.1, -0.05) is 6.92 Å². The molecule has 4 aromatic rings. The van der Waals surface area contributed by atoms with E-state index in [9.17, 15) is 0 Å². The molecule has 0 amide bonds. The summed E-state index contributed by atoms with van der Waals surface area (Å²) in [6, 6.07) is 7.93. The second-order valence-corrected chi connectivity index (χ2v) is 8.15. The highest BCUT2D eigenvalue weighted by molar-refractivity contribution is 5.65. The molecule has 33 heavy (non-hydrogen) atoms. The van der Waals surface area contributed by atoms with Gasteiger partial charge in [-0.2, -0.15) is 10.2 Å². The van der Waals surface area contributed by atoms with Crippen molar-refractivity contribution in [1.82, 2.24) is 34.5 Å². The molecule has 1 fully saturated rings. The Labute approximate surface area is 193 Å². The molecule has 4 aromatic heterocycles. The fraction of sp³-hybridized carbons (Fsp3) is 0.375. The maximum absolute atomic E-state index is 6.02. The Kier molecular flexibility index (Phi) is 6.01. The number of nitrogens with zero attached hydrogens (tertiary/aromatic N) is 8. The molecule has 170 valence electrons. The van der Waals surface area contributed by atoms with Gasteiger partial charge >= 0.3 is 0 Å². The van der Waals surface area contributed by atoms with Gasteiger partial charge < -0.3 is 9.64 Å². The van der Waals surface area contributed by atoms with Crippen LogP contribution in [0.5, 0.6) is 5.88 Å². The van der Waals surface area contributed by atoms with Gasteiger partial charge in [-0.3, -0.25) is 9.67 Å². The summed E-state index contributed by atoms with van der Waals surface area (Å²) < 4.78 is 9.52. The van der Waals surface area contributed by atoms with Gasteiger partial charge in [-0.25, -0.2) is 14.6 Å². The van der Waals surface area contributed by atoms with Crippen molar-refractivity contribution in [2.45, 2.75) is 39.2 Å². The highest BCUT2D eigenvalue weighted by atomic mass is 16.5. The van der Waals surface area contributed by atoms with E-state index in [0.717, 1.165) is 42.2 Å². The Morgan fingerprint density at radius 2 is 1.94 bits per heavy atom. The average Bonchev–Trinajstić information content (AvgIpc) is 3.53. The SMILES string of the molecule is CCc1nc(-c2cnn(C)c2COc2cc(-n3cccn3)ncn2)ccc1N1CCCCC1. The van der Waals surface area contributed by atoms with Crippen LogP contribution in [0.1, 0.15) is 37.6 Å². The normalized spacial score (nSPS) is 13.9. The first-order valence-corrected chi connectivity index (χ1v) is 11.4. The van der Waals surface area contributed by atoms with Crippen molar-refractivity contribution in [1.29, 1.82) is 0 Å². The standard InChI is InChI=1S/C24H28N8O/c1-3-19-21(31-11-5-4-6-12-31)9-8-20(29-19)18-15-28-30(2)22(18)16-33-24-14-23(25-17-26-24)32-13-7-10-27-32/h7-10,13-15,17H,3-6,11-12,16H2,1-2H3. The zero-order valence-corrected chi connectivity index (χ0v) is 19.1. The Hall–Kier alpha value is -3.75. The maximum atomic E-state index is 6.02. The molecule has 0 aromatic carbocycles. The lowest BCUT2D eigenvalue weighted by Gasteiger charge is -2.30. The molecule has 1 saturated heterocycles. The largest absolute Gasteiger partial charge is 0.471 e. The molecule has 0 spiro atoms. The molecule has 1 aliphatic heterocycles. The van der Waals surface area contributed by atoms with Gasteiger partial charge in [0.25, 0.3) is 0 Å². The molecule has 1 aliphatic rings. The van der Waals surface area contributed by atoms with Gasteiger partial charge in [0.1, 0.15) is 12.9 Å². The van der Waals surface area contributed by atoms with Crippen molar-refractivity contribution in [3.05, 3.63) is 60.6 Å². The second kappa shape index (κ2) is 9.40. The lowest BCUT2D eigenvalue weighted by Crippen LogP contribution is -2.30. The molecule has 0 atom stereocenters. The van der Waals surface area contributed by atoms with E-state index in [4.69, 9.17) is 9.72 Å². The van der Waals surface area contributed by atoms with Crippen LogP contribution in [0.15, 0.2) is 49.2 Å². The van der Waals surface area contributed by atoms with Crippen molar-refractivity contribution in [2.75, 3.05) is 18.0 Å². The first-order valence-electron chi connectivity index (χ1n) is 11.4. The van der Waals surface area contributed by atoms with Gasteiger partial charge in [0.05, 0.1) is 29.0 Å². The number of ether oxygens (including phenoxy) is 1. The van der Waals surface area contributed by atoms with Crippen molar-refractivity contribution >= 4 is 5.69 Å². The van der Waals surface area contributed by atoms with Crippen molar-refractivity contribution in [2.24, 2.45) is 7.05 Å². The molecule has 0 bridgehead atoms. The minimum absolute atomic E-state index is 0.318. The molecule has 9 nitrogen and oxygen atoms in total. The van der Waals surface area contributed by atoms with Crippen LogP contribution in [0.4, 0.5) is 5.69 Å². The zero-order chi connectivity index (χ0) is 22.6. The summed E-state index contributed by atoms with van der Waals surface area (Å²) in [5, 5.41) is 8.68. The third-order valence-corrected chi connectivity index (χ3v) is 6.04. The maximum Gasteiger partial charge on any atom is 0.218 e. The lowest BCUT2D eigenvalue weighted by molar-refractivity contribution is 0.283. The number of rotatable bonds is 7. The van der Waals surface area contributed by atoms with E-state index in [2.05, 4.69) is 44.1 Å². The molecule has 0 N–H and O–H groups in total. The Bertz CT molecular complexity index is 1210. The monoisotopic (exact) mass is 444 g/mol. The van der Waals surface area contributed by atoms with E-state index in [1.807, 2.05) is 30.2 Å². The quantitative estimate of drug-likeness (QED) is 0.430. The summed E-state index contributed by atoms with van der Waals surface area (Å²) >= 11 is 0. The van der Waals surface area contributed by atoms with E-state index >= 15 is 0 Å². The second-order valence-electron chi connectivity index (χ2n) is 8.15. The van der Waals surface area contributed by atoms with Gasteiger partial charge in [-0.05, 0) is 43.9 Å². The summed E-state index contributed by atoms with van der Waals surface area (Å²) in [6.45, 7) is 4.70. The van der Waals surface area contributed by atoms with Crippen LogP contribution in [0.25, 0.3) is 17.1 Å². The molecule has 9 heteroatoms. The van der Waals surface area contributed by atoms with E-state index in [1.54, 1.807) is 16.9 Å². The number of hydrogen-bond donors (Lipinski definition) is 0. The Balaban J connectivity index is 1.38. The third-order valence-electron chi connectivity index (χ3n) is 6.04. The average molecular weight is 445 g/mol. The van der Waals surface area contributed by atoms with Gasteiger partial charge in [0.15, 0.2) is 5.82 Å². The molecule has 5 rings (SSSR count). The predicted molar refractivity (Wildman–Crippen MR) is 125 cm³/mol. The molecule has 0 saturated carbocycles. The third kappa shape index (κ3) is 4.44. The molecule has 0 aliphatic carbocycles. The summed E-state index contributed by atoms with van der Waals surface area (Å²) in [6.07, 6.45) is 11.6. The number of anilines is 1. The number of pyridine rings is 1. The first-order chi connectivity index (χ1) is 16.2. The van der Waals surface area contributed by atoms with Crippen molar-refractivity contribution < 1.29 is 4.74 Å². The van der Waals surface area contributed by atoms with Crippen LogP contribution in [0, 0.1) is 0 Å². The number of aryl methyl sites for hydroxylation is 2. The van der Waals surface area contributed by atoms with Gasteiger partial charge in [0, 0.05) is 44.2 Å². The molecular formula is C24H28N8O. The van der Waals surface area contributed by atoms with Gasteiger partial charge in [-0.15, -0.1) is 0 Å². The predicted octanol–water partition coefficient (Wildman–Crippen LogP) is 3.59. The van der Waals surface area contributed by atoms with Crippen LogP contribution in [-0.2, 0) is 20.1 Å². The van der Waals surface area contributed by atoms with Crippen LogP contribution in [0.2, 0.25) is 0 Å². The summed E-state index contributed by atoms with van der Waals surface area (Å²) in [7, 11) is 1.92. The topological polar surface area (TPSA) is 86.8 Å². The minimum atomic E-state index is 0.318. The van der Waals surface area contributed by atoms with Crippen LogP contribution >= 0.6 is 0 Å². The van der Waals surface area contributed by atoms with Crippen molar-refractivity contribution in [3.8, 4) is 23.0 Å². The molecule has 0 radical (unpaired) electrons. The van der Waals surface area contributed by atoms with Crippen LogP contribution < -0.4 is 9.64 Å². The molecule has 0 unspecified atom stereocenters. The number of piperidine rings is 1. The smallest absolute Gasteiger partial charge is 0.218 e. The highest BCUT2D eigenvalue weighted by Crippen LogP contribution is 2.29. The fourth-order valence-electron chi connectivity index (χ4n) is 4.26. The van der Waals surface area contributed by atoms with E-state index in [0.29, 0.717) is 18.3 Å². The Morgan fingerprint density at radius 3 is 2.73 bits per heavy atom. The van der Waals surface area contributed by atoms with Crippen molar-refractivity contribution in [3.63, 3.8) is 0 Å². The van der Waals surface area contributed by atoms with Gasteiger partial charge in [0.2, 0.25) is 5.88 Å². The van der Waals surface area contributed by atoms with E-state index in [-0.39, 0.29) is 0 Å². The van der Waals surface area contributed by atoms with Crippen LogP contribution in [0.3, 0.4) is 0 Å². The summed E-state index contributed by atoms with van der Waals surface area (Å²) in [4.78, 5) is 16.0. The summed E-state index contributed by atoms with van der Waals surface area (Å²) in [5.74, 6) is 1.13. The fourth-order valence-corrected chi connectivity index (χ4v) is 4.26. The van der Waals surface area contributed by atoms with Crippen LogP contribution in [-0.4, -0.2) is 47.6 Å². The minimum Gasteiger partial charge on any atom is -0.471 e. The Morgan fingerprint density at radius 1 is 1.06 bits per heavy atom. The molecular weight excluding hydrogens is 416 g/mol. The highest BCUT2D eigenvalue weighted by Gasteiger charge is 2.18. The lowest BCUT2D eigenvalue weighted by atomic mass is 10.1. The van der Waals surface area contributed by atoms with E-state index < -0.39 is 0 Å².